The van der Waals surface area contributed by atoms with Gasteiger partial charge in [0.2, 0.25) is 0 Å². The zero-order valence-electron chi connectivity index (χ0n) is 14.0. The number of ether oxygens (including phenoxy) is 2. The van der Waals surface area contributed by atoms with E-state index in [1.54, 1.807) is 0 Å². The molecule has 2 N–H and O–H groups in total. The van der Waals surface area contributed by atoms with Gasteiger partial charge in [-0.2, -0.15) is 5.21 Å². The first-order chi connectivity index (χ1) is 12.7. The van der Waals surface area contributed by atoms with Crippen molar-refractivity contribution in [3.05, 3.63) is 57.0 Å². The molecule has 0 amide bonds. The lowest BCUT2D eigenvalue weighted by Crippen LogP contribution is -2.05. The lowest BCUT2D eigenvalue weighted by molar-refractivity contribution is 0.269. The molecule has 2 aromatic carbocycles. The number of H-pyrrole nitrogens is 1. The van der Waals surface area contributed by atoms with Crippen LogP contribution in [0.3, 0.4) is 0 Å². The van der Waals surface area contributed by atoms with E-state index < -0.39 is 0 Å². The largest absolute Gasteiger partial charge is 0.490 e. The van der Waals surface area contributed by atoms with Crippen molar-refractivity contribution < 1.29 is 9.47 Å². The number of nitrogens with zero attached hydrogens (tertiary/aromatic N) is 3. The Morgan fingerprint density at radius 2 is 1.92 bits per heavy atom. The summed E-state index contributed by atoms with van der Waals surface area (Å²) in [5, 5.41) is 17.4. The smallest absolute Gasteiger partial charge is 0.263 e. The molecule has 0 unspecified atom stereocenters. The Morgan fingerprint density at radius 1 is 1.15 bits per heavy atom. The lowest BCUT2D eigenvalue weighted by Gasteiger charge is -2.15. The van der Waals surface area contributed by atoms with Crippen molar-refractivity contribution in [3.63, 3.8) is 0 Å². The molecule has 3 rings (SSSR count). The van der Waals surface area contributed by atoms with Crippen molar-refractivity contribution in [2.45, 2.75) is 20.1 Å². The van der Waals surface area contributed by atoms with Crippen LogP contribution >= 0.6 is 27.5 Å². The van der Waals surface area contributed by atoms with Crippen molar-refractivity contribution in [1.29, 1.82) is 0 Å². The molecule has 1 aromatic heterocycles. The van der Waals surface area contributed by atoms with Gasteiger partial charge in [0, 0.05) is 16.0 Å². The molecule has 1 heterocycles. The number of anilines is 1. The SMILES string of the molecule is CCOc1cc(CNc2nn[nH]n2)c(Br)cc1OCc1ccc(Cl)cc1. The molecular formula is C17H17BrClN5O2. The first-order valence-electron chi connectivity index (χ1n) is 7.95. The van der Waals surface area contributed by atoms with Crippen LogP contribution in [0.4, 0.5) is 5.95 Å². The molecule has 0 fully saturated rings. The summed E-state index contributed by atoms with van der Waals surface area (Å²) in [6.45, 7) is 3.40. The summed E-state index contributed by atoms with van der Waals surface area (Å²) in [7, 11) is 0. The van der Waals surface area contributed by atoms with E-state index in [2.05, 4.69) is 41.9 Å². The van der Waals surface area contributed by atoms with E-state index in [0.717, 1.165) is 15.6 Å². The van der Waals surface area contributed by atoms with Gasteiger partial charge in [0.05, 0.1) is 6.61 Å². The van der Waals surface area contributed by atoms with Gasteiger partial charge in [-0.3, -0.25) is 0 Å². The van der Waals surface area contributed by atoms with Crippen LogP contribution in [0.1, 0.15) is 18.1 Å². The second-order valence-corrected chi connectivity index (χ2v) is 6.62. The van der Waals surface area contributed by atoms with E-state index in [0.29, 0.717) is 42.2 Å². The minimum Gasteiger partial charge on any atom is -0.490 e. The summed E-state index contributed by atoms with van der Waals surface area (Å²) < 4.78 is 12.6. The van der Waals surface area contributed by atoms with Crippen LogP contribution in [-0.4, -0.2) is 27.2 Å². The molecule has 3 aromatic rings. The highest BCUT2D eigenvalue weighted by Crippen LogP contribution is 2.34. The number of benzene rings is 2. The molecule has 0 radical (unpaired) electrons. The van der Waals surface area contributed by atoms with Crippen LogP contribution in [0.25, 0.3) is 0 Å². The highest BCUT2D eigenvalue weighted by atomic mass is 79.9. The fourth-order valence-corrected chi connectivity index (χ4v) is 2.84. The molecule has 0 aliphatic heterocycles. The fraction of sp³-hybridized carbons (Fsp3) is 0.235. The van der Waals surface area contributed by atoms with Gasteiger partial charge in [-0.25, -0.2) is 0 Å². The number of hydrogen-bond donors (Lipinski definition) is 2. The molecule has 26 heavy (non-hydrogen) atoms. The van der Waals surface area contributed by atoms with Crippen molar-refractivity contribution in [3.8, 4) is 11.5 Å². The van der Waals surface area contributed by atoms with Crippen molar-refractivity contribution in [1.82, 2.24) is 20.6 Å². The number of halogens is 2. The van der Waals surface area contributed by atoms with Gasteiger partial charge in [0.15, 0.2) is 11.5 Å². The van der Waals surface area contributed by atoms with E-state index in [4.69, 9.17) is 21.1 Å². The molecule has 0 atom stereocenters. The monoisotopic (exact) mass is 437 g/mol. The summed E-state index contributed by atoms with van der Waals surface area (Å²) in [6, 6.07) is 11.4. The predicted octanol–water partition coefficient (Wildman–Crippen LogP) is 4.21. The molecule has 0 bridgehead atoms. The molecule has 0 aliphatic rings. The Labute approximate surface area is 164 Å². The highest BCUT2D eigenvalue weighted by molar-refractivity contribution is 9.10. The first kappa shape index (κ1) is 18.5. The Hall–Kier alpha value is -2.32. The Kier molecular flexibility index (Phi) is 6.30. The number of aromatic amines is 1. The van der Waals surface area contributed by atoms with Gasteiger partial charge in [0.25, 0.3) is 5.95 Å². The third-order valence-corrected chi connectivity index (χ3v) is 4.49. The van der Waals surface area contributed by atoms with Crippen LogP contribution in [0.15, 0.2) is 40.9 Å². The second-order valence-electron chi connectivity index (χ2n) is 5.33. The third-order valence-electron chi connectivity index (χ3n) is 3.50. The maximum Gasteiger partial charge on any atom is 0.263 e. The standard InChI is InChI=1S/C17H17BrClN5O2/c1-2-25-15-7-12(9-20-17-21-23-24-22-17)14(18)8-16(15)26-10-11-3-5-13(19)6-4-11/h3-8H,2,9-10H2,1H3,(H2,20,21,22,23,24). The summed E-state index contributed by atoms with van der Waals surface area (Å²) >= 11 is 9.49. The summed E-state index contributed by atoms with van der Waals surface area (Å²) in [6.07, 6.45) is 0. The summed E-state index contributed by atoms with van der Waals surface area (Å²) in [4.78, 5) is 0. The van der Waals surface area contributed by atoms with Gasteiger partial charge in [0.1, 0.15) is 6.61 Å². The molecule has 0 spiro atoms. The van der Waals surface area contributed by atoms with E-state index >= 15 is 0 Å². The number of hydrogen-bond acceptors (Lipinski definition) is 6. The third kappa shape index (κ3) is 4.86. The average Bonchev–Trinajstić information content (AvgIpc) is 3.15. The number of tetrazole rings is 1. The molecule has 0 aliphatic carbocycles. The van der Waals surface area contributed by atoms with E-state index in [9.17, 15) is 0 Å². The van der Waals surface area contributed by atoms with Crippen LogP contribution in [0.2, 0.25) is 5.02 Å². The Bertz CT molecular complexity index is 843. The zero-order valence-corrected chi connectivity index (χ0v) is 16.3. The van der Waals surface area contributed by atoms with Gasteiger partial charge in [-0.15, -0.1) is 5.10 Å². The Morgan fingerprint density at radius 3 is 2.62 bits per heavy atom. The quantitative estimate of drug-likeness (QED) is 0.548. The number of aromatic nitrogens is 4. The molecule has 0 saturated heterocycles. The topological polar surface area (TPSA) is 85.0 Å². The van der Waals surface area contributed by atoms with Gasteiger partial charge in [-0.05, 0) is 47.5 Å². The van der Waals surface area contributed by atoms with Crippen LogP contribution in [0, 0.1) is 0 Å². The second kappa shape index (κ2) is 8.86. The van der Waals surface area contributed by atoms with Crippen molar-refractivity contribution in [2.75, 3.05) is 11.9 Å². The number of nitrogens with one attached hydrogen (secondary N) is 2. The van der Waals surface area contributed by atoms with Gasteiger partial charge < -0.3 is 14.8 Å². The normalized spacial score (nSPS) is 10.6. The fourth-order valence-electron chi connectivity index (χ4n) is 2.25. The zero-order chi connectivity index (χ0) is 18.4. The molecule has 0 saturated carbocycles. The maximum absolute atomic E-state index is 5.94. The predicted molar refractivity (Wildman–Crippen MR) is 103 cm³/mol. The molecular weight excluding hydrogens is 422 g/mol. The first-order valence-corrected chi connectivity index (χ1v) is 9.12. The highest BCUT2D eigenvalue weighted by Gasteiger charge is 2.12. The molecule has 136 valence electrons. The molecule has 9 heteroatoms. The van der Waals surface area contributed by atoms with Crippen LogP contribution in [0.5, 0.6) is 11.5 Å². The van der Waals surface area contributed by atoms with Crippen molar-refractivity contribution >= 4 is 33.5 Å². The van der Waals surface area contributed by atoms with E-state index in [1.165, 1.54) is 0 Å². The lowest BCUT2D eigenvalue weighted by atomic mass is 10.2. The number of rotatable bonds is 8. The van der Waals surface area contributed by atoms with Crippen LogP contribution in [-0.2, 0) is 13.2 Å². The maximum atomic E-state index is 5.94. The minimum absolute atomic E-state index is 0.421. The van der Waals surface area contributed by atoms with E-state index in [-0.39, 0.29) is 0 Å². The van der Waals surface area contributed by atoms with Crippen molar-refractivity contribution in [2.24, 2.45) is 0 Å². The molecule has 7 nitrogen and oxygen atoms in total. The minimum atomic E-state index is 0.421. The summed E-state index contributed by atoms with van der Waals surface area (Å²) in [5.41, 5.74) is 2.01. The van der Waals surface area contributed by atoms with Gasteiger partial charge in [-0.1, -0.05) is 44.8 Å². The summed E-state index contributed by atoms with van der Waals surface area (Å²) in [5.74, 6) is 1.77. The van der Waals surface area contributed by atoms with Crippen LogP contribution < -0.4 is 14.8 Å². The van der Waals surface area contributed by atoms with E-state index in [1.807, 2.05) is 43.3 Å². The van der Waals surface area contributed by atoms with Gasteiger partial charge >= 0.3 is 0 Å². The Balaban J connectivity index is 1.73. The average molecular weight is 439 g/mol.